The van der Waals surface area contributed by atoms with Crippen molar-refractivity contribution in [1.29, 1.82) is 0 Å². The van der Waals surface area contributed by atoms with Crippen molar-refractivity contribution in [1.82, 2.24) is 10.6 Å². The highest BCUT2D eigenvalue weighted by Crippen LogP contribution is 2.26. The number of amides is 1. The van der Waals surface area contributed by atoms with Crippen molar-refractivity contribution in [3.63, 3.8) is 0 Å². The Balaban J connectivity index is 2.00. The van der Waals surface area contributed by atoms with Crippen LogP contribution in [0.25, 0.3) is 0 Å². The van der Waals surface area contributed by atoms with E-state index in [1.165, 1.54) is 44.9 Å². The number of carbonyl (C=O) groups is 1. The average Bonchev–Trinajstić information content (AvgIpc) is 2.87. The lowest BCUT2D eigenvalue weighted by molar-refractivity contribution is -0.122. The summed E-state index contributed by atoms with van der Waals surface area (Å²) < 4.78 is 0. The molecule has 1 atom stereocenters. The molecule has 0 aromatic heterocycles. The van der Waals surface area contributed by atoms with E-state index < -0.39 is 0 Å². The van der Waals surface area contributed by atoms with Crippen molar-refractivity contribution >= 4 is 5.91 Å². The number of unbranched alkanes of at least 4 members (excludes halogenated alkanes) is 2. The third kappa shape index (κ3) is 6.39. The fraction of sp³-hybridized carbons (Fsp3) is 0.933. The fourth-order valence-corrected chi connectivity index (χ4v) is 2.64. The van der Waals surface area contributed by atoms with Crippen molar-refractivity contribution < 1.29 is 4.79 Å². The molecular formula is C15H30N2O. The zero-order valence-corrected chi connectivity index (χ0v) is 12.1. The first-order chi connectivity index (χ1) is 8.74. The van der Waals surface area contributed by atoms with Crippen molar-refractivity contribution in [2.75, 3.05) is 13.1 Å². The Morgan fingerprint density at radius 2 is 1.94 bits per heavy atom. The van der Waals surface area contributed by atoms with Crippen LogP contribution in [0.3, 0.4) is 0 Å². The van der Waals surface area contributed by atoms with E-state index in [-0.39, 0.29) is 11.9 Å². The van der Waals surface area contributed by atoms with E-state index in [0.29, 0.717) is 0 Å². The van der Waals surface area contributed by atoms with E-state index in [0.717, 1.165) is 25.4 Å². The molecule has 106 valence electrons. The van der Waals surface area contributed by atoms with Crippen LogP contribution < -0.4 is 10.6 Å². The zero-order chi connectivity index (χ0) is 13.2. The van der Waals surface area contributed by atoms with Crippen LogP contribution >= 0.6 is 0 Å². The van der Waals surface area contributed by atoms with Gasteiger partial charge in [-0.2, -0.15) is 0 Å². The Hall–Kier alpha value is -0.570. The van der Waals surface area contributed by atoms with Crippen LogP contribution in [0.15, 0.2) is 0 Å². The molecule has 1 saturated carbocycles. The lowest BCUT2D eigenvalue weighted by Gasteiger charge is -2.15. The second kappa shape index (κ2) is 9.37. The van der Waals surface area contributed by atoms with Gasteiger partial charge in [0.25, 0.3) is 0 Å². The van der Waals surface area contributed by atoms with Crippen LogP contribution in [0.2, 0.25) is 0 Å². The number of hydrogen-bond donors (Lipinski definition) is 2. The molecule has 1 amide bonds. The van der Waals surface area contributed by atoms with Crippen LogP contribution in [0.1, 0.15) is 65.2 Å². The summed E-state index contributed by atoms with van der Waals surface area (Å²) in [6, 6.07) is -0.0481. The van der Waals surface area contributed by atoms with Gasteiger partial charge in [-0.1, -0.05) is 45.4 Å². The molecule has 1 aliphatic carbocycles. The fourth-order valence-electron chi connectivity index (χ4n) is 2.64. The van der Waals surface area contributed by atoms with Crippen LogP contribution in [0, 0.1) is 5.92 Å². The minimum absolute atomic E-state index is 0.0481. The molecule has 0 aromatic rings. The highest BCUT2D eigenvalue weighted by atomic mass is 16.2. The summed E-state index contributed by atoms with van der Waals surface area (Å²) in [6.45, 7) is 5.94. The van der Waals surface area contributed by atoms with E-state index in [2.05, 4.69) is 17.6 Å². The highest BCUT2D eigenvalue weighted by Gasteiger charge is 2.16. The van der Waals surface area contributed by atoms with Gasteiger partial charge in [-0.15, -0.1) is 0 Å². The SMILES string of the molecule is CCCCCNC(=O)C(C)NCCC1CCCC1. The van der Waals surface area contributed by atoms with E-state index in [9.17, 15) is 4.79 Å². The first kappa shape index (κ1) is 15.5. The molecule has 1 rings (SSSR count). The smallest absolute Gasteiger partial charge is 0.236 e. The second-order valence-electron chi connectivity index (χ2n) is 5.61. The quantitative estimate of drug-likeness (QED) is 0.621. The summed E-state index contributed by atoms with van der Waals surface area (Å²) in [6.07, 6.45) is 10.3. The summed E-state index contributed by atoms with van der Waals surface area (Å²) in [7, 11) is 0. The first-order valence-electron chi connectivity index (χ1n) is 7.75. The first-order valence-corrected chi connectivity index (χ1v) is 7.75. The van der Waals surface area contributed by atoms with Crippen LogP contribution in [-0.2, 0) is 4.79 Å². The van der Waals surface area contributed by atoms with Gasteiger partial charge in [-0.3, -0.25) is 4.79 Å². The summed E-state index contributed by atoms with van der Waals surface area (Å²) in [4.78, 5) is 11.8. The topological polar surface area (TPSA) is 41.1 Å². The van der Waals surface area contributed by atoms with Crippen molar-refractivity contribution in [3.8, 4) is 0 Å². The van der Waals surface area contributed by atoms with Gasteiger partial charge in [0.15, 0.2) is 0 Å². The van der Waals surface area contributed by atoms with Gasteiger partial charge in [-0.05, 0) is 32.2 Å². The summed E-state index contributed by atoms with van der Waals surface area (Å²) in [5, 5.41) is 6.33. The zero-order valence-electron chi connectivity index (χ0n) is 12.1. The van der Waals surface area contributed by atoms with Gasteiger partial charge < -0.3 is 10.6 Å². The molecule has 0 aromatic carbocycles. The predicted octanol–water partition coefficient (Wildman–Crippen LogP) is 2.85. The number of carbonyl (C=O) groups excluding carboxylic acids is 1. The predicted molar refractivity (Wildman–Crippen MR) is 76.6 cm³/mol. The Bertz CT molecular complexity index is 225. The molecular weight excluding hydrogens is 224 g/mol. The average molecular weight is 254 g/mol. The Labute approximate surface area is 112 Å². The minimum Gasteiger partial charge on any atom is -0.355 e. The van der Waals surface area contributed by atoms with Gasteiger partial charge in [-0.25, -0.2) is 0 Å². The van der Waals surface area contributed by atoms with Crippen LogP contribution in [-0.4, -0.2) is 25.0 Å². The minimum atomic E-state index is -0.0481. The summed E-state index contributed by atoms with van der Waals surface area (Å²) >= 11 is 0. The third-order valence-corrected chi connectivity index (χ3v) is 3.95. The van der Waals surface area contributed by atoms with Gasteiger partial charge in [0.2, 0.25) is 5.91 Å². The number of nitrogens with one attached hydrogen (secondary N) is 2. The van der Waals surface area contributed by atoms with E-state index >= 15 is 0 Å². The van der Waals surface area contributed by atoms with Gasteiger partial charge in [0, 0.05) is 6.54 Å². The molecule has 0 bridgehead atoms. The van der Waals surface area contributed by atoms with Crippen molar-refractivity contribution in [2.45, 2.75) is 71.3 Å². The molecule has 0 aliphatic heterocycles. The van der Waals surface area contributed by atoms with Gasteiger partial charge >= 0.3 is 0 Å². The molecule has 2 N–H and O–H groups in total. The summed E-state index contributed by atoms with van der Waals surface area (Å²) in [5.74, 6) is 1.05. The molecule has 1 fully saturated rings. The van der Waals surface area contributed by atoms with Gasteiger partial charge in [0.1, 0.15) is 0 Å². The van der Waals surface area contributed by atoms with Crippen LogP contribution in [0.5, 0.6) is 0 Å². The van der Waals surface area contributed by atoms with Gasteiger partial charge in [0.05, 0.1) is 6.04 Å². The normalized spacial score (nSPS) is 17.9. The Morgan fingerprint density at radius 1 is 1.22 bits per heavy atom. The molecule has 0 heterocycles. The van der Waals surface area contributed by atoms with E-state index in [1.807, 2.05) is 6.92 Å². The monoisotopic (exact) mass is 254 g/mol. The van der Waals surface area contributed by atoms with E-state index in [1.54, 1.807) is 0 Å². The largest absolute Gasteiger partial charge is 0.355 e. The van der Waals surface area contributed by atoms with Crippen molar-refractivity contribution in [3.05, 3.63) is 0 Å². The highest BCUT2D eigenvalue weighted by molar-refractivity contribution is 5.81. The molecule has 0 radical (unpaired) electrons. The maximum absolute atomic E-state index is 11.8. The molecule has 1 aliphatic rings. The van der Waals surface area contributed by atoms with Crippen LogP contribution in [0.4, 0.5) is 0 Å². The molecule has 3 heteroatoms. The second-order valence-corrected chi connectivity index (χ2v) is 5.61. The molecule has 1 unspecified atom stereocenters. The summed E-state index contributed by atoms with van der Waals surface area (Å²) in [5.41, 5.74) is 0. The third-order valence-electron chi connectivity index (χ3n) is 3.95. The maximum Gasteiger partial charge on any atom is 0.236 e. The standard InChI is InChI=1S/C15H30N2O/c1-3-4-7-11-17-15(18)13(2)16-12-10-14-8-5-6-9-14/h13-14,16H,3-12H2,1-2H3,(H,17,18). The Kier molecular flexibility index (Phi) is 8.06. The molecule has 0 saturated heterocycles. The molecule has 3 nitrogen and oxygen atoms in total. The van der Waals surface area contributed by atoms with E-state index in [4.69, 9.17) is 0 Å². The van der Waals surface area contributed by atoms with Crippen molar-refractivity contribution in [2.24, 2.45) is 5.92 Å². The maximum atomic E-state index is 11.8. The molecule has 18 heavy (non-hydrogen) atoms. The number of hydrogen-bond acceptors (Lipinski definition) is 2. The lowest BCUT2D eigenvalue weighted by atomic mass is 10.0. The molecule has 0 spiro atoms. The Morgan fingerprint density at radius 3 is 2.61 bits per heavy atom. The number of rotatable bonds is 9. The lowest BCUT2D eigenvalue weighted by Crippen LogP contribution is -2.43.